The number of aromatic nitrogens is 1. The van der Waals surface area contributed by atoms with Gasteiger partial charge in [-0.3, -0.25) is 4.98 Å². The van der Waals surface area contributed by atoms with Gasteiger partial charge in [-0.2, -0.15) is 0 Å². The number of thioether (sulfide) groups is 1. The van der Waals surface area contributed by atoms with Crippen LogP contribution < -0.4 is 0 Å². The van der Waals surface area contributed by atoms with E-state index in [0.717, 1.165) is 0 Å². The zero-order chi connectivity index (χ0) is 8.10. The molecular weight excluding hydrogens is 174 g/mol. The summed E-state index contributed by atoms with van der Waals surface area (Å²) >= 11 is 6.38. The molecule has 3 heteroatoms. The van der Waals surface area contributed by atoms with Crippen LogP contribution in [0, 0.1) is 0 Å². The summed E-state index contributed by atoms with van der Waals surface area (Å²) < 4.78 is 0. The number of pyridine rings is 1. The molecule has 1 aromatic heterocycles. The van der Waals surface area contributed by atoms with Crippen LogP contribution in [0.1, 0.15) is 6.92 Å². The van der Waals surface area contributed by atoms with E-state index < -0.39 is 0 Å². The van der Waals surface area contributed by atoms with E-state index in [4.69, 9.17) is 0 Å². The van der Waals surface area contributed by atoms with E-state index >= 15 is 0 Å². The molecule has 1 heterocycles. The molecule has 0 spiro atoms. The van der Waals surface area contributed by atoms with E-state index in [9.17, 15) is 0 Å². The van der Waals surface area contributed by atoms with Crippen LogP contribution in [-0.2, 0) is 0 Å². The second kappa shape index (κ2) is 4.46. The summed E-state index contributed by atoms with van der Waals surface area (Å²) in [5, 5.41) is 3.01. The molecule has 0 saturated heterocycles. The van der Waals surface area contributed by atoms with Gasteiger partial charge in [0.2, 0.25) is 0 Å². The number of thiocarbonyl (C=S) groups is 1. The fourth-order valence-corrected chi connectivity index (χ4v) is 1.52. The fourth-order valence-electron chi connectivity index (χ4n) is 0.645. The molecule has 1 unspecified atom stereocenters. The maximum absolute atomic E-state index is 4.69. The Morgan fingerprint density at radius 1 is 1.55 bits per heavy atom. The third kappa shape index (κ3) is 2.99. The summed E-state index contributed by atoms with van der Waals surface area (Å²) in [4.78, 5) is 5.10. The van der Waals surface area contributed by atoms with E-state index in [1.165, 1.54) is 4.90 Å². The number of hydrogen-bond acceptors (Lipinski definition) is 3. The van der Waals surface area contributed by atoms with Crippen molar-refractivity contribution in [3.8, 4) is 0 Å². The van der Waals surface area contributed by atoms with Crippen molar-refractivity contribution in [1.29, 1.82) is 0 Å². The minimum absolute atomic E-state index is 0.271. The first-order chi connectivity index (χ1) is 5.33. The lowest BCUT2D eigenvalue weighted by atomic mass is 10.5. The van der Waals surface area contributed by atoms with Gasteiger partial charge in [0.1, 0.15) is 0 Å². The molecule has 1 radical (unpaired) electrons. The van der Waals surface area contributed by atoms with Crippen molar-refractivity contribution in [3.05, 3.63) is 24.5 Å². The Hall–Kier alpha value is -0.410. The van der Waals surface area contributed by atoms with Crippen molar-refractivity contribution in [2.75, 3.05) is 0 Å². The minimum atomic E-state index is 0.271. The van der Waals surface area contributed by atoms with Crippen LogP contribution in [0.25, 0.3) is 0 Å². The Bertz CT molecular complexity index is 223. The lowest BCUT2D eigenvalue weighted by molar-refractivity contribution is 1.25. The Kier molecular flexibility index (Phi) is 3.52. The highest BCUT2D eigenvalue weighted by Gasteiger charge is 1.98. The molecule has 0 aliphatic carbocycles. The van der Waals surface area contributed by atoms with E-state index in [1.54, 1.807) is 24.2 Å². The van der Waals surface area contributed by atoms with E-state index in [-0.39, 0.29) is 5.25 Å². The summed E-state index contributed by atoms with van der Waals surface area (Å²) in [5.41, 5.74) is 0. The van der Waals surface area contributed by atoms with Crippen LogP contribution >= 0.6 is 24.0 Å². The van der Waals surface area contributed by atoms with Crippen LogP contribution in [0.3, 0.4) is 0 Å². The average molecular weight is 182 g/mol. The predicted octanol–water partition coefficient (Wildman–Crippen LogP) is 2.44. The minimum Gasteiger partial charge on any atom is -0.265 e. The van der Waals surface area contributed by atoms with Gasteiger partial charge in [-0.1, -0.05) is 12.2 Å². The van der Waals surface area contributed by atoms with Crippen LogP contribution in [0.2, 0.25) is 0 Å². The number of hydrogen-bond donors (Lipinski definition) is 0. The first-order valence-corrected chi connectivity index (χ1v) is 4.56. The molecule has 1 atom stereocenters. The molecule has 0 aliphatic rings. The zero-order valence-electron chi connectivity index (χ0n) is 6.15. The summed E-state index contributed by atoms with van der Waals surface area (Å²) in [7, 11) is 0. The normalized spacial score (nSPS) is 12.5. The molecular formula is C8H8NS2. The van der Waals surface area contributed by atoms with Crippen LogP contribution in [0.15, 0.2) is 29.4 Å². The van der Waals surface area contributed by atoms with Gasteiger partial charge in [0.25, 0.3) is 0 Å². The first-order valence-electron chi connectivity index (χ1n) is 3.27. The quantitative estimate of drug-likeness (QED) is 0.526. The highest BCUT2D eigenvalue weighted by molar-refractivity contribution is 8.01. The van der Waals surface area contributed by atoms with Crippen molar-refractivity contribution >= 4 is 29.3 Å². The molecule has 1 nitrogen and oxygen atoms in total. The standard InChI is InChI=1S/C8H8NS2/c1-7(6-10)11-8-2-4-9-5-3-8/h2-5,7H,1H3. The molecule has 0 amide bonds. The van der Waals surface area contributed by atoms with Crippen molar-refractivity contribution in [2.45, 2.75) is 17.1 Å². The van der Waals surface area contributed by atoms with Crippen LogP contribution in [0.4, 0.5) is 0 Å². The third-order valence-corrected chi connectivity index (χ3v) is 2.65. The third-order valence-electron chi connectivity index (χ3n) is 1.13. The van der Waals surface area contributed by atoms with Gasteiger partial charge < -0.3 is 0 Å². The predicted molar refractivity (Wildman–Crippen MR) is 52.2 cm³/mol. The van der Waals surface area contributed by atoms with Gasteiger partial charge >= 0.3 is 0 Å². The highest BCUT2D eigenvalue weighted by Crippen LogP contribution is 2.20. The molecule has 0 N–H and O–H groups in total. The fraction of sp³-hybridized carbons (Fsp3) is 0.250. The molecule has 0 bridgehead atoms. The van der Waals surface area contributed by atoms with E-state index in [2.05, 4.69) is 22.6 Å². The SMILES string of the molecule is CC([C]=S)Sc1ccncc1. The Morgan fingerprint density at radius 2 is 2.18 bits per heavy atom. The first kappa shape index (κ1) is 8.68. The summed E-state index contributed by atoms with van der Waals surface area (Å²) in [6, 6.07) is 3.93. The van der Waals surface area contributed by atoms with Gasteiger partial charge in [0, 0.05) is 27.9 Å². The monoisotopic (exact) mass is 182 g/mol. The zero-order valence-corrected chi connectivity index (χ0v) is 7.78. The van der Waals surface area contributed by atoms with Gasteiger partial charge in [0.15, 0.2) is 0 Å². The summed E-state index contributed by atoms with van der Waals surface area (Å²) in [6.45, 7) is 2.03. The molecule has 0 fully saturated rings. The van der Waals surface area contributed by atoms with Crippen molar-refractivity contribution in [2.24, 2.45) is 0 Å². The second-order valence-electron chi connectivity index (χ2n) is 2.06. The topological polar surface area (TPSA) is 12.9 Å². The second-order valence-corrected chi connectivity index (χ2v) is 3.71. The number of nitrogens with zero attached hydrogens (tertiary/aromatic N) is 1. The molecule has 1 aromatic rings. The summed E-state index contributed by atoms with van der Waals surface area (Å²) in [6.07, 6.45) is 3.55. The summed E-state index contributed by atoms with van der Waals surface area (Å²) in [5.74, 6) is 0. The molecule has 0 aliphatic heterocycles. The van der Waals surface area contributed by atoms with Gasteiger partial charge in [0.05, 0.1) is 0 Å². The Balaban J connectivity index is 2.57. The largest absolute Gasteiger partial charge is 0.265 e. The Labute approximate surface area is 76.2 Å². The highest BCUT2D eigenvalue weighted by atomic mass is 32.2. The lowest BCUT2D eigenvalue weighted by Gasteiger charge is -2.01. The molecule has 0 aromatic carbocycles. The molecule has 11 heavy (non-hydrogen) atoms. The van der Waals surface area contributed by atoms with Gasteiger partial charge in [-0.05, 0) is 19.1 Å². The van der Waals surface area contributed by atoms with E-state index in [0.29, 0.717) is 0 Å². The maximum atomic E-state index is 4.69. The number of rotatable bonds is 3. The average Bonchev–Trinajstić information content (AvgIpc) is 2.06. The molecule has 0 saturated carbocycles. The lowest BCUT2D eigenvalue weighted by Crippen LogP contribution is -1.93. The van der Waals surface area contributed by atoms with Crippen molar-refractivity contribution in [3.63, 3.8) is 0 Å². The Morgan fingerprint density at radius 3 is 2.73 bits per heavy atom. The van der Waals surface area contributed by atoms with Crippen molar-refractivity contribution in [1.82, 2.24) is 4.98 Å². The van der Waals surface area contributed by atoms with Gasteiger partial charge in [-0.25, -0.2) is 0 Å². The smallest absolute Gasteiger partial charge is 0.0433 e. The molecule has 57 valence electrons. The van der Waals surface area contributed by atoms with Crippen LogP contribution in [-0.4, -0.2) is 15.6 Å². The molecule has 1 rings (SSSR count). The van der Waals surface area contributed by atoms with Crippen molar-refractivity contribution < 1.29 is 0 Å². The van der Waals surface area contributed by atoms with Gasteiger partial charge in [-0.15, -0.1) is 11.8 Å². The van der Waals surface area contributed by atoms with E-state index in [1.807, 2.05) is 19.1 Å². The van der Waals surface area contributed by atoms with Crippen LogP contribution in [0.5, 0.6) is 0 Å². The maximum Gasteiger partial charge on any atom is 0.0433 e.